The quantitative estimate of drug-likeness (QED) is 0.881. The third-order valence-corrected chi connectivity index (χ3v) is 4.17. The van der Waals surface area contributed by atoms with Gasteiger partial charge in [0.15, 0.2) is 0 Å². The fourth-order valence-electron chi connectivity index (χ4n) is 2.91. The normalized spacial score (nSPS) is 14.0. The summed E-state index contributed by atoms with van der Waals surface area (Å²) in [5, 5.41) is 4.45. The van der Waals surface area contributed by atoms with Gasteiger partial charge in [0.2, 0.25) is 11.8 Å². The first-order valence-electron chi connectivity index (χ1n) is 7.40. The van der Waals surface area contributed by atoms with Gasteiger partial charge in [-0.1, -0.05) is 11.6 Å². The van der Waals surface area contributed by atoms with Crippen molar-refractivity contribution in [3.05, 3.63) is 35.0 Å². The maximum absolute atomic E-state index is 12.2. The summed E-state index contributed by atoms with van der Waals surface area (Å²) in [5.74, 6) is -0.342. The van der Waals surface area contributed by atoms with E-state index in [9.17, 15) is 9.59 Å². The van der Waals surface area contributed by atoms with Crippen molar-refractivity contribution in [3.8, 4) is 0 Å². The van der Waals surface area contributed by atoms with Gasteiger partial charge >= 0.3 is 0 Å². The number of rotatable bonds is 3. The molecule has 0 saturated carbocycles. The number of hydrogen-bond donors (Lipinski definition) is 1. The van der Waals surface area contributed by atoms with Crippen LogP contribution in [0.15, 0.2) is 24.3 Å². The van der Waals surface area contributed by atoms with E-state index in [1.807, 2.05) is 25.1 Å². The van der Waals surface area contributed by atoms with Crippen LogP contribution in [-0.2, 0) is 22.7 Å². The average Bonchev–Trinajstić information content (AvgIpc) is 2.83. The summed E-state index contributed by atoms with van der Waals surface area (Å²) in [6.07, 6.45) is -0.0834. The summed E-state index contributed by atoms with van der Waals surface area (Å²) in [7, 11) is 0. The average molecular weight is 320 g/mol. The van der Waals surface area contributed by atoms with Crippen molar-refractivity contribution in [2.24, 2.45) is 0 Å². The second-order valence-electron chi connectivity index (χ2n) is 5.44. The summed E-state index contributed by atoms with van der Waals surface area (Å²) in [6, 6.07) is 7.88. The van der Waals surface area contributed by atoms with E-state index in [2.05, 4.69) is 16.0 Å². The molecule has 2 heterocycles. The van der Waals surface area contributed by atoms with Gasteiger partial charge in [-0.3, -0.25) is 9.59 Å². The van der Waals surface area contributed by atoms with Crippen LogP contribution < -0.4 is 5.32 Å². The Morgan fingerprint density at radius 2 is 2.09 bits per heavy atom. The van der Waals surface area contributed by atoms with Crippen molar-refractivity contribution in [3.63, 3.8) is 0 Å². The zero-order valence-corrected chi connectivity index (χ0v) is 13.2. The molecule has 0 aliphatic carbocycles. The third-order valence-electron chi connectivity index (χ3n) is 3.93. The molecular formula is C16H18ClN3O2. The SMILES string of the molecule is CCNC(=O)CC(=O)N1CCn2c(cc3cc(Cl)ccc32)C1. The Labute approximate surface area is 133 Å². The van der Waals surface area contributed by atoms with Crippen LogP contribution >= 0.6 is 11.6 Å². The van der Waals surface area contributed by atoms with Gasteiger partial charge in [0.1, 0.15) is 6.42 Å². The van der Waals surface area contributed by atoms with E-state index in [-0.39, 0.29) is 18.2 Å². The van der Waals surface area contributed by atoms with Crippen LogP contribution in [-0.4, -0.2) is 34.4 Å². The van der Waals surface area contributed by atoms with E-state index in [4.69, 9.17) is 11.6 Å². The van der Waals surface area contributed by atoms with Gasteiger partial charge in [0, 0.05) is 41.3 Å². The minimum absolute atomic E-state index is 0.0834. The lowest BCUT2D eigenvalue weighted by Gasteiger charge is -2.29. The van der Waals surface area contributed by atoms with Gasteiger partial charge < -0.3 is 14.8 Å². The zero-order chi connectivity index (χ0) is 15.7. The van der Waals surface area contributed by atoms with Crippen LogP contribution in [0.2, 0.25) is 5.02 Å². The summed E-state index contributed by atoms with van der Waals surface area (Å²) in [4.78, 5) is 25.5. The van der Waals surface area contributed by atoms with Gasteiger partial charge in [-0.25, -0.2) is 0 Å². The highest BCUT2D eigenvalue weighted by Crippen LogP contribution is 2.26. The molecule has 6 heteroatoms. The molecule has 0 saturated heterocycles. The van der Waals surface area contributed by atoms with Crippen molar-refractivity contribution in [2.45, 2.75) is 26.4 Å². The van der Waals surface area contributed by atoms with Crippen LogP contribution in [0.25, 0.3) is 10.9 Å². The predicted octanol–water partition coefficient (Wildman–Crippen LogP) is 2.16. The maximum atomic E-state index is 12.2. The highest BCUT2D eigenvalue weighted by molar-refractivity contribution is 6.31. The first-order chi connectivity index (χ1) is 10.6. The second-order valence-corrected chi connectivity index (χ2v) is 5.87. The zero-order valence-electron chi connectivity index (χ0n) is 12.4. The summed E-state index contributed by atoms with van der Waals surface area (Å²) >= 11 is 6.03. The lowest BCUT2D eigenvalue weighted by atomic mass is 10.2. The smallest absolute Gasteiger partial charge is 0.232 e. The van der Waals surface area contributed by atoms with Crippen LogP contribution in [0.1, 0.15) is 19.0 Å². The van der Waals surface area contributed by atoms with Gasteiger partial charge in [0.25, 0.3) is 0 Å². The summed E-state index contributed by atoms with van der Waals surface area (Å²) < 4.78 is 2.21. The minimum atomic E-state index is -0.217. The van der Waals surface area contributed by atoms with E-state index < -0.39 is 0 Å². The largest absolute Gasteiger partial charge is 0.356 e. The fourth-order valence-corrected chi connectivity index (χ4v) is 3.09. The molecule has 0 spiro atoms. The third kappa shape index (κ3) is 2.81. The van der Waals surface area contributed by atoms with Crippen LogP contribution in [0.3, 0.4) is 0 Å². The number of amides is 2. The standard InChI is InChI=1S/C16H18ClN3O2/c1-2-18-15(21)9-16(22)19-5-6-20-13(10-19)8-11-7-12(17)3-4-14(11)20/h3-4,7-8H,2,5-6,9-10H2,1H3,(H,18,21). The van der Waals surface area contributed by atoms with E-state index >= 15 is 0 Å². The Balaban J connectivity index is 1.77. The van der Waals surface area contributed by atoms with Crippen molar-refractivity contribution in [2.75, 3.05) is 13.1 Å². The fraction of sp³-hybridized carbons (Fsp3) is 0.375. The van der Waals surface area contributed by atoms with Crippen molar-refractivity contribution in [1.82, 2.24) is 14.8 Å². The summed E-state index contributed by atoms with van der Waals surface area (Å²) in [5.41, 5.74) is 2.21. The highest BCUT2D eigenvalue weighted by Gasteiger charge is 2.23. The number of aromatic nitrogens is 1. The molecule has 2 aromatic rings. The molecule has 0 fully saturated rings. The minimum Gasteiger partial charge on any atom is -0.356 e. The molecule has 2 amide bonds. The number of nitrogens with zero attached hydrogens (tertiary/aromatic N) is 2. The Kier molecular flexibility index (Phi) is 4.07. The molecule has 0 unspecified atom stereocenters. The lowest BCUT2D eigenvalue weighted by molar-refractivity contribution is -0.137. The molecule has 0 atom stereocenters. The van der Waals surface area contributed by atoms with Gasteiger partial charge in [-0.05, 0) is 31.2 Å². The van der Waals surface area contributed by atoms with Crippen LogP contribution in [0, 0.1) is 0 Å². The Morgan fingerprint density at radius 3 is 2.86 bits per heavy atom. The first kappa shape index (κ1) is 14.9. The molecule has 0 radical (unpaired) electrons. The molecule has 1 aromatic carbocycles. The molecule has 1 aliphatic rings. The second kappa shape index (κ2) is 6.01. The van der Waals surface area contributed by atoms with Crippen molar-refractivity contribution >= 4 is 34.3 Å². The molecule has 3 rings (SSSR count). The van der Waals surface area contributed by atoms with Crippen molar-refractivity contribution < 1.29 is 9.59 Å². The van der Waals surface area contributed by atoms with E-state index in [0.717, 1.165) is 23.1 Å². The maximum Gasteiger partial charge on any atom is 0.232 e. The molecule has 0 bridgehead atoms. The van der Waals surface area contributed by atoms with E-state index in [1.54, 1.807) is 4.90 Å². The number of fused-ring (bicyclic) bond motifs is 3. The lowest BCUT2D eigenvalue weighted by Crippen LogP contribution is -2.40. The van der Waals surface area contributed by atoms with Gasteiger partial charge in [-0.15, -0.1) is 0 Å². The highest BCUT2D eigenvalue weighted by atomic mass is 35.5. The number of halogens is 1. The monoisotopic (exact) mass is 319 g/mol. The molecular weight excluding hydrogens is 302 g/mol. The van der Waals surface area contributed by atoms with Crippen LogP contribution in [0.5, 0.6) is 0 Å². The molecule has 1 N–H and O–H groups in total. The Bertz CT molecular complexity index is 738. The van der Waals surface area contributed by atoms with Gasteiger partial charge in [-0.2, -0.15) is 0 Å². The Morgan fingerprint density at radius 1 is 1.27 bits per heavy atom. The Hall–Kier alpha value is -2.01. The number of benzene rings is 1. The molecule has 22 heavy (non-hydrogen) atoms. The number of carbonyl (C=O) groups excluding carboxylic acids is 2. The predicted molar refractivity (Wildman–Crippen MR) is 85.7 cm³/mol. The first-order valence-corrected chi connectivity index (χ1v) is 7.78. The number of carbonyl (C=O) groups is 2. The molecule has 1 aliphatic heterocycles. The number of nitrogens with one attached hydrogen (secondary N) is 1. The van der Waals surface area contributed by atoms with E-state index in [0.29, 0.717) is 24.7 Å². The molecule has 5 nitrogen and oxygen atoms in total. The van der Waals surface area contributed by atoms with Crippen molar-refractivity contribution in [1.29, 1.82) is 0 Å². The summed E-state index contributed by atoms with van der Waals surface area (Å²) in [6.45, 7) is 4.28. The van der Waals surface area contributed by atoms with Crippen LogP contribution in [0.4, 0.5) is 0 Å². The number of hydrogen-bond acceptors (Lipinski definition) is 2. The van der Waals surface area contributed by atoms with E-state index in [1.165, 1.54) is 0 Å². The van der Waals surface area contributed by atoms with Gasteiger partial charge in [0.05, 0.1) is 6.54 Å². The molecule has 116 valence electrons. The topological polar surface area (TPSA) is 54.3 Å². The molecule has 1 aromatic heterocycles.